The van der Waals surface area contributed by atoms with Crippen molar-refractivity contribution in [1.82, 2.24) is 30.1 Å². The van der Waals surface area contributed by atoms with Crippen LogP contribution in [0.4, 0.5) is 0 Å². The van der Waals surface area contributed by atoms with E-state index in [0.29, 0.717) is 12.6 Å². The molecule has 1 aliphatic carbocycles. The number of pyridine rings is 1. The maximum atomic E-state index is 13.3. The molecule has 2 aromatic heterocycles. The first-order valence-electron chi connectivity index (χ1n) is 13.7. The molecule has 194 valence electrons. The van der Waals surface area contributed by atoms with Crippen molar-refractivity contribution in [3.63, 3.8) is 0 Å². The number of benzene rings is 1. The summed E-state index contributed by atoms with van der Waals surface area (Å²) in [7, 11) is 0. The Bertz CT molecular complexity index is 1240. The summed E-state index contributed by atoms with van der Waals surface area (Å²) < 4.78 is 8.15. The number of hydrogen-bond acceptors (Lipinski definition) is 6. The molecule has 3 heterocycles. The molecule has 0 radical (unpaired) electrons. The molecule has 8 heteroatoms. The second-order valence-corrected chi connectivity index (χ2v) is 11.2. The van der Waals surface area contributed by atoms with E-state index in [1.165, 1.54) is 24.8 Å². The lowest BCUT2D eigenvalue weighted by Gasteiger charge is -2.36. The van der Waals surface area contributed by atoms with Crippen LogP contribution in [-0.4, -0.2) is 49.3 Å². The Balaban J connectivity index is 1.53. The molecule has 2 aliphatic rings. The Kier molecular flexibility index (Phi) is 7.53. The van der Waals surface area contributed by atoms with Crippen LogP contribution in [-0.2, 0) is 11.3 Å². The monoisotopic (exact) mass is 492 g/mol. The molecule has 0 unspecified atom stereocenters. The van der Waals surface area contributed by atoms with Gasteiger partial charge in [-0.3, -0.25) is 9.69 Å². The van der Waals surface area contributed by atoms with Crippen LogP contribution in [0.5, 0.6) is 0 Å². The molecular formula is C28H40N6O2. The van der Waals surface area contributed by atoms with Crippen LogP contribution in [0.3, 0.4) is 0 Å². The summed E-state index contributed by atoms with van der Waals surface area (Å²) in [5.74, 6) is 1.18. The van der Waals surface area contributed by atoms with Crippen molar-refractivity contribution in [1.29, 1.82) is 0 Å². The number of H-pyrrole nitrogens is 1. The van der Waals surface area contributed by atoms with Gasteiger partial charge in [-0.25, -0.2) is 4.68 Å². The zero-order valence-corrected chi connectivity index (χ0v) is 22.2. The number of hydrogen-bond donors (Lipinski definition) is 1. The van der Waals surface area contributed by atoms with Gasteiger partial charge in [-0.05, 0) is 79.1 Å². The van der Waals surface area contributed by atoms with E-state index in [-0.39, 0.29) is 23.6 Å². The van der Waals surface area contributed by atoms with E-state index in [1.807, 2.05) is 6.07 Å². The zero-order valence-electron chi connectivity index (χ0n) is 22.2. The standard InChI is InChI=1S/C28H40N6O2/c1-18(2)26(27-30-31-32-34(27)22-9-6-5-7-10-22)33(17-23-11-8-12-36-23)16-21-15-24-20(4)13-19(3)14-25(24)29-28(21)35/h13-15,18,22-23,26H,5-12,16-17H2,1-4H3,(H,29,35)/t23-,26-/m1/s1. The quantitative estimate of drug-likeness (QED) is 0.475. The molecule has 1 N–H and O–H groups in total. The fraction of sp³-hybridized carbons (Fsp3) is 0.643. The minimum atomic E-state index is -0.0285. The molecule has 8 nitrogen and oxygen atoms in total. The lowest BCUT2D eigenvalue weighted by atomic mass is 9.94. The van der Waals surface area contributed by atoms with Crippen molar-refractivity contribution in [2.45, 2.75) is 97.4 Å². The van der Waals surface area contributed by atoms with Gasteiger partial charge in [-0.15, -0.1) is 5.10 Å². The lowest BCUT2D eigenvalue weighted by molar-refractivity contribution is 0.0375. The van der Waals surface area contributed by atoms with Crippen LogP contribution in [0, 0.1) is 19.8 Å². The Morgan fingerprint density at radius 2 is 1.92 bits per heavy atom. The van der Waals surface area contributed by atoms with E-state index < -0.39 is 0 Å². The highest BCUT2D eigenvalue weighted by Crippen LogP contribution is 2.34. The van der Waals surface area contributed by atoms with Gasteiger partial charge in [-0.1, -0.05) is 39.2 Å². The van der Waals surface area contributed by atoms with Crippen LogP contribution in [0.1, 0.15) is 93.4 Å². The van der Waals surface area contributed by atoms with Gasteiger partial charge in [0.1, 0.15) is 0 Å². The second-order valence-electron chi connectivity index (χ2n) is 11.2. The molecule has 3 aromatic rings. The van der Waals surface area contributed by atoms with E-state index in [2.05, 4.69) is 69.9 Å². The number of aromatic amines is 1. The Morgan fingerprint density at radius 1 is 1.11 bits per heavy atom. The molecule has 1 saturated carbocycles. The maximum absolute atomic E-state index is 13.3. The van der Waals surface area contributed by atoms with Gasteiger partial charge in [-0.2, -0.15) is 0 Å². The topological polar surface area (TPSA) is 88.9 Å². The lowest BCUT2D eigenvalue weighted by Crippen LogP contribution is -2.40. The van der Waals surface area contributed by atoms with Gasteiger partial charge in [0.15, 0.2) is 5.82 Å². The molecule has 1 saturated heterocycles. The maximum Gasteiger partial charge on any atom is 0.252 e. The van der Waals surface area contributed by atoms with E-state index >= 15 is 0 Å². The first-order chi connectivity index (χ1) is 17.4. The Hall–Kier alpha value is -2.58. The van der Waals surface area contributed by atoms with Crippen molar-refractivity contribution in [3.05, 3.63) is 51.1 Å². The van der Waals surface area contributed by atoms with Crippen molar-refractivity contribution in [2.75, 3.05) is 13.2 Å². The first-order valence-corrected chi connectivity index (χ1v) is 13.7. The third-order valence-corrected chi connectivity index (χ3v) is 7.95. The van der Waals surface area contributed by atoms with Gasteiger partial charge in [0, 0.05) is 36.2 Å². The summed E-state index contributed by atoms with van der Waals surface area (Å²) in [4.78, 5) is 18.8. The highest BCUT2D eigenvalue weighted by Gasteiger charge is 2.34. The molecule has 0 bridgehead atoms. The molecule has 2 fully saturated rings. The second kappa shape index (κ2) is 10.8. The van der Waals surface area contributed by atoms with E-state index in [0.717, 1.165) is 66.7 Å². The fourth-order valence-corrected chi connectivity index (χ4v) is 6.24. The van der Waals surface area contributed by atoms with Crippen molar-refractivity contribution >= 4 is 10.9 Å². The highest BCUT2D eigenvalue weighted by atomic mass is 16.5. The molecule has 5 rings (SSSR count). The summed E-state index contributed by atoms with van der Waals surface area (Å²) in [5, 5.41) is 14.3. The van der Waals surface area contributed by atoms with Crippen LogP contribution >= 0.6 is 0 Å². The first kappa shape index (κ1) is 25.1. The van der Waals surface area contributed by atoms with Crippen molar-refractivity contribution in [3.8, 4) is 0 Å². The number of nitrogens with zero attached hydrogens (tertiary/aromatic N) is 5. The molecule has 36 heavy (non-hydrogen) atoms. The van der Waals surface area contributed by atoms with Crippen molar-refractivity contribution in [2.24, 2.45) is 5.92 Å². The zero-order chi connectivity index (χ0) is 25.2. The number of rotatable bonds is 8. The minimum Gasteiger partial charge on any atom is -0.377 e. The number of aryl methyl sites for hydroxylation is 2. The number of tetrazole rings is 1. The van der Waals surface area contributed by atoms with Gasteiger partial charge in [0.05, 0.1) is 18.2 Å². The molecule has 0 spiro atoms. The molecular weight excluding hydrogens is 452 g/mol. The van der Waals surface area contributed by atoms with E-state index in [1.54, 1.807) is 0 Å². The van der Waals surface area contributed by atoms with Crippen molar-refractivity contribution < 1.29 is 4.74 Å². The summed E-state index contributed by atoms with van der Waals surface area (Å²) in [6.45, 7) is 10.7. The normalized spacial score (nSPS) is 20.1. The third-order valence-electron chi connectivity index (χ3n) is 7.95. The van der Waals surface area contributed by atoms with E-state index in [9.17, 15) is 4.79 Å². The number of fused-ring (bicyclic) bond motifs is 1. The SMILES string of the molecule is Cc1cc(C)c2cc(CN(C[C@H]3CCCO3)[C@@H](c3nnnn3C3CCCCC3)C(C)C)c(=O)[nH]c2c1. The van der Waals surface area contributed by atoms with Gasteiger partial charge in [0.25, 0.3) is 5.56 Å². The molecule has 1 aliphatic heterocycles. The van der Waals surface area contributed by atoms with Gasteiger partial charge >= 0.3 is 0 Å². The predicted octanol–water partition coefficient (Wildman–Crippen LogP) is 5.01. The third kappa shape index (κ3) is 5.25. The number of aromatic nitrogens is 5. The molecule has 1 aromatic carbocycles. The van der Waals surface area contributed by atoms with E-state index in [4.69, 9.17) is 4.74 Å². The average Bonchev–Trinajstić information content (AvgIpc) is 3.53. The van der Waals surface area contributed by atoms with Crippen LogP contribution in [0.25, 0.3) is 10.9 Å². The summed E-state index contributed by atoms with van der Waals surface area (Å²) in [6.07, 6.45) is 8.27. The van der Waals surface area contributed by atoms with Crippen LogP contribution in [0.2, 0.25) is 0 Å². The fourth-order valence-electron chi connectivity index (χ4n) is 6.24. The Morgan fingerprint density at radius 3 is 2.64 bits per heavy atom. The smallest absolute Gasteiger partial charge is 0.252 e. The molecule has 0 amide bonds. The minimum absolute atomic E-state index is 0.0136. The molecule has 2 atom stereocenters. The Labute approximate surface area is 213 Å². The summed E-state index contributed by atoms with van der Waals surface area (Å²) >= 11 is 0. The highest BCUT2D eigenvalue weighted by molar-refractivity contribution is 5.83. The van der Waals surface area contributed by atoms with Gasteiger partial charge in [0.2, 0.25) is 0 Å². The summed E-state index contributed by atoms with van der Waals surface area (Å²) in [6, 6.07) is 6.63. The van der Waals surface area contributed by atoms with Crippen LogP contribution < -0.4 is 5.56 Å². The largest absolute Gasteiger partial charge is 0.377 e. The number of ether oxygens (including phenoxy) is 1. The summed E-state index contributed by atoms with van der Waals surface area (Å²) in [5.41, 5.74) is 3.97. The van der Waals surface area contributed by atoms with Gasteiger partial charge < -0.3 is 9.72 Å². The van der Waals surface area contributed by atoms with Crippen LogP contribution in [0.15, 0.2) is 23.0 Å². The predicted molar refractivity (Wildman–Crippen MR) is 141 cm³/mol. The number of nitrogens with one attached hydrogen (secondary N) is 1. The average molecular weight is 493 g/mol.